The van der Waals surface area contributed by atoms with E-state index in [2.05, 4.69) is 5.32 Å². The van der Waals surface area contributed by atoms with Crippen LogP contribution in [0, 0.1) is 0 Å². The first-order valence-corrected chi connectivity index (χ1v) is 8.20. The second kappa shape index (κ2) is 6.97. The summed E-state index contributed by atoms with van der Waals surface area (Å²) in [4.78, 5) is 12.2. The summed E-state index contributed by atoms with van der Waals surface area (Å²) >= 11 is 18.1. The predicted molar refractivity (Wildman–Crippen MR) is 95.7 cm³/mol. The zero-order chi connectivity index (χ0) is 17.3. The normalized spacial score (nSPS) is 12.8. The van der Waals surface area contributed by atoms with Crippen LogP contribution in [0.2, 0.25) is 15.1 Å². The maximum Gasteiger partial charge on any atom is 0.228 e. The van der Waals surface area contributed by atoms with E-state index in [1.54, 1.807) is 12.1 Å². The lowest BCUT2D eigenvalue weighted by Crippen LogP contribution is -2.17. The maximum absolute atomic E-state index is 12.2. The highest BCUT2D eigenvalue weighted by Gasteiger charge is 2.18. The van der Waals surface area contributed by atoms with Crippen molar-refractivity contribution in [2.45, 2.75) is 6.42 Å². The van der Waals surface area contributed by atoms with Crippen LogP contribution in [0.4, 0.5) is 11.4 Å². The zero-order valence-corrected chi connectivity index (χ0v) is 14.6. The molecule has 1 heterocycles. The third kappa shape index (κ3) is 3.64. The van der Waals surface area contributed by atoms with Gasteiger partial charge < -0.3 is 20.5 Å². The number of nitrogens with one attached hydrogen (secondary N) is 1. The number of amides is 1. The zero-order valence-electron chi connectivity index (χ0n) is 12.4. The molecule has 0 unspecified atom stereocenters. The maximum atomic E-state index is 12.2. The number of anilines is 2. The molecule has 1 aliphatic heterocycles. The Labute approximate surface area is 153 Å². The van der Waals surface area contributed by atoms with Gasteiger partial charge in [-0.25, -0.2) is 0 Å². The molecule has 1 amide bonds. The standard InChI is InChI=1S/C16H13Cl3N2O3/c17-10-6-9(7-11(18)15(10)20)21-14(22)5-8-3-12(19)16-13(4-8)23-1-2-24-16/h3-4,6-7H,1-2,5,20H2,(H,21,22). The Morgan fingerprint density at radius 3 is 2.42 bits per heavy atom. The van der Waals surface area contributed by atoms with Gasteiger partial charge in [0.05, 0.1) is 27.2 Å². The van der Waals surface area contributed by atoms with Gasteiger partial charge in [0.15, 0.2) is 11.5 Å². The van der Waals surface area contributed by atoms with E-state index in [1.165, 1.54) is 12.1 Å². The smallest absolute Gasteiger partial charge is 0.228 e. The highest BCUT2D eigenvalue weighted by atomic mass is 35.5. The van der Waals surface area contributed by atoms with Crippen LogP contribution < -0.4 is 20.5 Å². The fraction of sp³-hybridized carbons (Fsp3) is 0.188. The molecule has 0 aromatic heterocycles. The quantitative estimate of drug-likeness (QED) is 0.775. The Kier molecular flexibility index (Phi) is 4.94. The van der Waals surface area contributed by atoms with E-state index in [1.807, 2.05) is 0 Å². The average Bonchev–Trinajstić information content (AvgIpc) is 2.52. The van der Waals surface area contributed by atoms with Crippen molar-refractivity contribution in [2.75, 3.05) is 24.3 Å². The third-order valence-corrected chi connectivity index (χ3v) is 4.29. The first kappa shape index (κ1) is 17.0. The van der Waals surface area contributed by atoms with Crippen LogP contribution in [0.5, 0.6) is 11.5 Å². The van der Waals surface area contributed by atoms with E-state index in [4.69, 9.17) is 50.0 Å². The first-order valence-electron chi connectivity index (χ1n) is 7.06. The van der Waals surface area contributed by atoms with E-state index >= 15 is 0 Å². The molecular weight excluding hydrogens is 375 g/mol. The molecule has 1 aliphatic rings. The van der Waals surface area contributed by atoms with Crippen LogP contribution in [-0.2, 0) is 11.2 Å². The van der Waals surface area contributed by atoms with Gasteiger partial charge in [-0.3, -0.25) is 4.79 Å². The average molecular weight is 388 g/mol. The molecule has 0 aliphatic carbocycles. The summed E-state index contributed by atoms with van der Waals surface area (Å²) in [6.07, 6.45) is 0.107. The van der Waals surface area contributed by atoms with Gasteiger partial charge in [0.1, 0.15) is 13.2 Å². The van der Waals surface area contributed by atoms with Gasteiger partial charge in [-0.1, -0.05) is 34.8 Å². The van der Waals surface area contributed by atoms with Crippen molar-refractivity contribution in [3.05, 3.63) is 44.9 Å². The number of fused-ring (bicyclic) bond motifs is 1. The summed E-state index contributed by atoms with van der Waals surface area (Å²) < 4.78 is 10.9. The Bertz CT molecular complexity index is 788. The molecule has 0 spiro atoms. The lowest BCUT2D eigenvalue weighted by molar-refractivity contribution is -0.115. The van der Waals surface area contributed by atoms with Gasteiger partial charge in [-0.05, 0) is 29.8 Å². The van der Waals surface area contributed by atoms with Crippen LogP contribution in [0.25, 0.3) is 0 Å². The van der Waals surface area contributed by atoms with Crippen molar-refractivity contribution < 1.29 is 14.3 Å². The Morgan fingerprint density at radius 2 is 1.71 bits per heavy atom. The van der Waals surface area contributed by atoms with E-state index in [0.29, 0.717) is 41.0 Å². The fourth-order valence-electron chi connectivity index (χ4n) is 2.31. The molecule has 2 aromatic rings. The minimum atomic E-state index is -0.250. The molecule has 24 heavy (non-hydrogen) atoms. The van der Waals surface area contributed by atoms with Crippen molar-refractivity contribution >= 4 is 52.1 Å². The molecule has 2 aromatic carbocycles. The molecule has 0 bridgehead atoms. The van der Waals surface area contributed by atoms with Gasteiger partial charge in [0.25, 0.3) is 0 Å². The molecule has 0 atom stereocenters. The van der Waals surface area contributed by atoms with Crippen molar-refractivity contribution in [1.82, 2.24) is 0 Å². The number of nitrogens with two attached hydrogens (primary N) is 1. The third-order valence-electron chi connectivity index (χ3n) is 3.38. The number of benzene rings is 2. The second-order valence-corrected chi connectivity index (χ2v) is 6.40. The first-order chi connectivity index (χ1) is 11.4. The van der Waals surface area contributed by atoms with Crippen LogP contribution in [0.3, 0.4) is 0 Å². The van der Waals surface area contributed by atoms with Gasteiger partial charge in [0, 0.05) is 5.69 Å². The Hall–Kier alpha value is -1.82. The Balaban J connectivity index is 1.74. The van der Waals surface area contributed by atoms with E-state index in [-0.39, 0.29) is 28.1 Å². The van der Waals surface area contributed by atoms with Crippen LogP contribution in [0.1, 0.15) is 5.56 Å². The predicted octanol–water partition coefficient (Wildman–Crippen LogP) is 4.18. The molecule has 0 saturated heterocycles. The molecule has 5 nitrogen and oxygen atoms in total. The highest BCUT2D eigenvalue weighted by Crippen LogP contribution is 2.38. The largest absolute Gasteiger partial charge is 0.486 e. The van der Waals surface area contributed by atoms with Gasteiger partial charge in [-0.15, -0.1) is 0 Å². The van der Waals surface area contributed by atoms with Crippen molar-refractivity contribution in [2.24, 2.45) is 0 Å². The van der Waals surface area contributed by atoms with Gasteiger partial charge in [0.2, 0.25) is 5.91 Å². The fourth-order valence-corrected chi connectivity index (χ4v) is 3.09. The number of hydrogen-bond acceptors (Lipinski definition) is 4. The van der Waals surface area contributed by atoms with Crippen LogP contribution in [-0.4, -0.2) is 19.1 Å². The van der Waals surface area contributed by atoms with Crippen molar-refractivity contribution in [3.8, 4) is 11.5 Å². The van der Waals surface area contributed by atoms with E-state index in [0.717, 1.165) is 0 Å². The number of ether oxygens (including phenoxy) is 2. The summed E-state index contributed by atoms with van der Waals surface area (Å²) in [5.41, 5.74) is 7.11. The van der Waals surface area contributed by atoms with Gasteiger partial charge in [-0.2, -0.15) is 0 Å². The van der Waals surface area contributed by atoms with E-state index < -0.39 is 0 Å². The topological polar surface area (TPSA) is 73.6 Å². The lowest BCUT2D eigenvalue weighted by Gasteiger charge is -2.20. The second-order valence-electron chi connectivity index (χ2n) is 5.18. The molecular formula is C16H13Cl3N2O3. The molecule has 8 heteroatoms. The van der Waals surface area contributed by atoms with Gasteiger partial charge >= 0.3 is 0 Å². The summed E-state index contributed by atoms with van der Waals surface area (Å²) in [6.45, 7) is 0.895. The van der Waals surface area contributed by atoms with Crippen LogP contribution >= 0.6 is 34.8 Å². The molecule has 3 N–H and O–H groups in total. The molecule has 126 valence electrons. The number of rotatable bonds is 3. The van der Waals surface area contributed by atoms with E-state index in [9.17, 15) is 4.79 Å². The number of carbonyl (C=O) groups excluding carboxylic acids is 1. The number of carbonyl (C=O) groups is 1. The number of halogens is 3. The monoisotopic (exact) mass is 386 g/mol. The summed E-state index contributed by atoms with van der Waals surface area (Å²) in [5.74, 6) is 0.791. The Morgan fingerprint density at radius 1 is 1.04 bits per heavy atom. The molecule has 0 radical (unpaired) electrons. The van der Waals surface area contributed by atoms with Crippen molar-refractivity contribution in [3.63, 3.8) is 0 Å². The van der Waals surface area contributed by atoms with Crippen LogP contribution in [0.15, 0.2) is 24.3 Å². The SMILES string of the molecule is Nc1c(Cl)cc(NC(=O)Cc2cc(Cl)c3c(c2)OCCO3)cc1Cl. The minimum absolute atomic E-state index is 0.107. The number of nitrogen functional groups attached to an aromatic ring is 1. The summed E-state index contributed by atoms with van der Waals surface area (Å²) in [7, 11) is 0. The lowest BCUT2D eigenvalue weighted by atomic mass is 10.1. The molecule has 0 fully saturated rings. The van der Waals surface area contributed by atoms with Crippen molar-refractivity contribution in [1.29, 1.82) is 0 Å². The highest BCUT2D eigenvalue weighted by molar-refractivity contribution is 6.39. The number of hydrogen-bond donors (Lipinski definition) is 2. The minimum Gasteiger partial charge on any atom is -0.486 e. The summed E-state index contributed by atoms with van der Waals surface area (Å²) in [6, 6.07) is 6.50. The summed E-state index contributed by atoms with van der Waals surface area (Å²) in [5, 5.41) is 3.69. The molecule has 3 rings (SSSR count). The molecule has 0 saturated carbocycles.